The average molecular weight is 288 g/mol. The first-order chi connectivity index (χ1) is 10.7. The van der Waals surface area contributed by atoms with Crippen LogP contribution >= 0.6 is 0 Å². The maximum Gasteiger partial charge on any atom is 0.256 e. The smallest absolute Gasteiger partial charge is 0.256 e. The SMILES string of the molecule is Cc1cccnc1NC(=O)c1ccc(-c2ccccc2)cc1. The summed E-state index contributed by atoms with van der Waals surface area (Å²) in [5.41, 5.74) is 3.78. The van der Waals surface area contributed by atoms with Gasteiger partial charge in [0, 0.05) is 11.8 Å². The Bertz CT molecular complexity index is 780. The van der Waals surface area contributed by atoms with Gasteiger partial charge in [-0.25, -0.2) is 4.98 Å². The number of aromatic nitrogens is 1. The van der Waals surface area contributed by atoms with Crippen molar-refractivity contribution in [1.82, 2.24) is 4.98 Å². The van der Waals surface area contributed by atoms with Gasteiger partial charge in [0.2, 0.25) is 0 Å². The van der Waals surface area contributed by atoms with Crippen LogP contribution in [0, 0.1) is 6.92 Å². The molecule has 0 aliphatic heterocycles. The van der Waals surface area contributed by atoms with E-state index in [0.29, 0.717) is 11.4 Å². The zero-order valence-corrected chi connectivity index (χ0v) is 12.3. The molecule has 1 N–H and O–H groups in total. The minimum Gasteiger partial charge on any atom is -0.306 e. The van der Waals surface area contributed by atoms with Gasteiger partial charge in [-0.15, -0.1) is 0 Å². The Morgan fingerprint density at radius 3 is 2.23 bits per heavy atom. The number of benzene rings is 2. The molecule has 0 radical (unpaired) electrons. The third kappa shape index (κ3) is 3.04. The molecule has 0 bridgehead atoms. The van der Waals surface area contributed by atoms with Gasteiger partial charge in [-0.05, 0) is 41.8 Å². The van der Waals surface area contributed by atoms with E-state index in [0.717, 1.165) is 16.7 Å². The van der Waals surface area contributed by atoms with E-state index >= 15 is 0 Å². The molecular formula is C19H16N2O. The number of rotatable bonds is 3. The highest BCUT2D eigenvalue weighted by Crippen LogP contribution is 2.20. The van der Waals surface area contributed by atoms with Gasteiger partial charge >= 0.3 is 0 Å². The predicted molar refractivity (Wildman–Crippen MR) is 88.8 cm³/mol. The number of amides is 1. The van der Waals surface area contributed by atoms with Crippen molar-refractivity contribution in [3.8, 4) is 11.1 Å². The second kappa shape index (κ2) is 6.22. The topological polar surface area (TPSA) is 42.0 Å². The van der Waals surface area contributed by atoms with Gasteiger partial charge in [-0.2, -0.15) is 0 Å². The number of hydrogen-bond donors (Lipinski definition) is 1. The van der Waals surface area contributed by atoms with Gasteiger partial charge < -0.3 is 5.32 Å². The summed E-state index contributed by atoms with van der Waals surface area (Å²) >= 11 is 0. The number of hydrogen-bond acceptors (Lipinski definition) is 2. The molecule has 0 atom stereocenters. The van der Waals surface area contributed by atoms with Crippen molar-refractivity contribution in [1.29, 1.82) is 0 Å². The zero-order valence-electron chi connectivity index (χ0n) is 12.3. The third-order valence-electron chi connectivity index (χ3n) is 3.50. The van der Waals surface area contributed by atoms with Crippen molar-refractivity contribution < 1.29 is 4.79 Å². The molecule has 0 saturated heterocycles. The van der Waals surface area contributed by atoms with Gasteiger partial charge in [0.1, 0.15) is 5.82 Å². The quantitative estimate of drug-likeness (QED) is 0.780. The zero-order chi connectivity index (χ0) is 15.4. The monoisotopic (exact) mass is 288 g/mol. The summed E-state index contributed by atoms with van der Waals surface area (Å²) in [5.74, 6) is 0.445. The molecule has 0 spiro atoms. The fourth-order valence-corrected chi connectivity index (χ4v) is 2.24. The summed E-state index contributed by atoms with van der Waals surface area (Å²) in [4.78, 5) is 16.4. The lowest BCUT2D eigenvalue weighted by atomic mass is 10.0. The van der Waals surface area contributed by atoms with Crippen LogP contribution in [0.1, 0.15) is 15.9 Å². The molecule has 0 aliphatic rings. The van der Waals surface area contributed by atoms with Crippen LogP contribution in [-0.2, 0) is 0 Å². The summed E-state index contributed by atoms with van der Waals surface area (Å²) in [5, 5.41) is 2.84. The van der Waals surface area contributed by atoms with E-state index in [1.807, 2.05) is 73.7 Å². The first-order valence-electron chi connectivity index (χ1n) is 7.12. The van der Waals surface area contributed by atoms with E-state index in [4.69, 9.17) is 0 Å². The number of anilines is 1. The van der Waals surface area contributed by atoms with E-state index < -0.39 is 0 Å². The second-order valence-electron chi connectivity index (χ2n) is 5.07. The maximum atomic E-state index is 12.3. The Kier molecular flexibility index (Phi) is 3.97. The Hall–Kier alpha value is -2.94. The number of pyridine rings is 1. The molecule has 0 aliphatic carbocycles. The molecule has 3 nitrogen and oxygen atoms in total. The molecule has 0 saturated carbocycles. The highest BCUT2D eigenvalue weighted by molar-refractivity contribution is 6.04. The normalized spacial score (nSPS) is 10.2. The lowest BCUT2D eigenvalue weighted by molar-refractivity contribution is 0.102. The molecular weight excluding hydrogens is 272 g/mol. The number of nitrogens with zero attached hydrogens (tertiary/aromatic N) is 1. The molecule has 1 heterocycles. The standard InChI is InChI=1S/C19H16N2O/c1-14-6-5-13-20-18(14)21-19(22)17-11-9-16(10-12-17)15-7-3-2-4-8-15/h2-13H,1H3,(H,20,21,22). The van der Waals surface area contributed by atoms with E-state index in [-0.39, 0.29) is 5.91 Å². The Morgan fingerprint density at radius 2 is 1.55 bits per heavy atom. The van der Waals surface area contributed by atoms with Gasteiger partial charge in [0.15, 0.2) is 0 Å². The lowest BCUT2D eigenvalue weighted by Gasteiger charge is -2.07. The van der Waals surface area contributed by atoms with Crippen molar-refractivity contribution in [3.63, 3.8) is 0 Å². The van der Waals surface area contributed by atoms with Crippen molar-refractivity contribution in [2.45, 2.75) is 6.92 Å². The molecule has 1 amide bonds. The van der Waals surface area contributed by atoms with E-state index in [1.165, 1.54) is 0 Å². The van der Waals surface area contributed by atoms with Gasteiger partial charge in [0.25, 0.3) is 5.91 Å². The Morgan fingerprint density at radius 1 is 0.864 bits per heavy atom. The van der Waals surface area contributed by atoms with Crippen LogP contribution in [0.2, 0.25) is 0 Å². The van der Waals surface area contributed by atoms with Crippen molar-refractivity contribution in [2.24, 2.45) is 0 Å². The van der Waals surface area contributed by atoms with Crippen molar-refractivity contribution in [2.75, 3.05) is 5.32 Å². The molecule has 0 unspecified atom stereocenters. The van der Waals surface area contributed by atoms with E-state index in [2.05, 4.69) is 10.3 Å². The van der Waals surface area contributed by atoms with Crippen molar-refractivity contribution in [3.05, 3.63) is 84.1 Å². The highest BCUT2D eigenvalue weighted by atomic mass is 16.1. The van der Waals surface area contributed by atoms with E-state index in [9.17, 15) is 4.79 Å². The second-order valence-corrected chi connectivity index (χ2v) is 5.07. The summed E-state index contributed by atoms with van der Waals surface area (Å²) in [6.07, 6.45) is 1.67. The van der Waals surface area contributed by atoms with Crippen LogP contribution in [0.25, 0.3) is 11.1 Å². The predicted octanol–water partition coefficient (Wildman–Crippen LogP) is 4.31. The summed E-state index contributed by atoms with van der Waals surface area (Å²) < 4.78 is 0. The average Bonchev–Trinajstić information content (AvgIpc) is 2.58. The fraction of sp³-hybridized carbons (Fsp3) is 0.0526. The number of carbonyl (C=O) groups is 1. The van der Waals surface area contributed by atoms with Crippen LogP contribution in [-0.4, -0.2) is 10.9 Å². The maximum absolute atomic E-state index is 12.3. The molecule has 3 aromatic rings. The lowest BCUT2D eigenvalue weighted by Crippen LogP contribution is -2.13. The van der Waals surface area contributed by atoms with Crippen molar-refractivity contribution >= 4 is 11.7 Å². The minimum absolute atomic E-state index is 0.151. The Labute approximate surface area is 129 Å². The summed E-state index contributed by atoms with van der Waals surface area (Å²) in [6.45, 7) is 1.92. The minimum atomic E-state index is -0.151. The fourth-order valence-electron chi connectivity index (χ4n) is 2.24. The summed E-state index contributed by atoms with van der Waals surface area (Å²) in [7, 11) is 0. The van der Waals surface area contributed by atoms with E-state index in [1.54, 1.807) is 6.20 Å². The van der Waals surface area contributed by atoms with Gasteiger partial charge in [0.05, 0.1) is 0 Å². The molecule has 3 rings (SSSR count). The number of carbonyl (C=O) groups excluding carboxylic acids is 1. The molecule has 1 aromatic heterocycles. The molecule has 108 valence electrons. The largest absolute Gasteiger partial charge is 0.306 e. The summed E-state index contributed by atoms with van der Waals surface area (Å²) in [6, 6.07) is 21.4. The molecule has 3 heteroatoms. The van der Waals surface area contributed by atoms with Crippen LogP contribution < -0.4 is 5.32 Å². The first-order valence-corrected chi connectivity index (χ1v) is 7.12. The number of aryl methyl sites for hydroxylation is 1. The van der Waals surface area contributed by atoms with Crippen LogP contribution in [0.15, 0.2) is 72.9 Å². The molecule has 22 heavy (non-hydrogen) atoms. The van der Waals surface area contributed by atoms with Gasteiger partial charge in [-0.1, -0.05) is 48.5 Å². The molecule has 0 fully saturated rings. The Balaban J connectivity index is 1.78. The first kappa shape index (κ1) is 14.0. The highest BCUT2D eigenvalue weighted by Gasteiger charge is 2.08. The molecule has 2 aromatic carbocycles. The third-order valence-corrected chi connectivity index (χ3v) is 3.50. The van der Waals surface area contributed by atoms with Crippen LogP contribution in [0.4, 0.5) is 5.82 Å². The van der Waals surface area contributed by atoms with Crippen LogP contribution in [0.3, 0.4) is 0 Å². The van der Waals surface area contributed by atoms with Crippen LogP contribution in [0.5, 0.6) is 0 Å². The van der Waals surface area contributed by atoms with Gasteiger partial charge in [-0.3, -0.25) is 4.79 Å². The number of nitrogens with one attached hydrogen (secondary N) is 1.